The minimum Gasteiger partial charge on any atom is -0.493 e. The molecule has 0 spiro atoms. The highest BCUT2D eigenvalue weighted by molar-refractivity contribution is 5.80. The maximum Gasteiger partial charge on any atom is 0.161 e. The zero-order chi connectivity index (χ0) is 18.2. The number of rotatable bonds is 8. The van der Waals surface area contributed by atoms with E-state index in [0.717, 1.165) is 11.3 Å². The molecule has 2 aromatic rings. The molecule has 0 saturated heterocycles. The van der Waals surface area contributed by atoms with Crippen molar-refractivity contribution < 1.29 is 19.4 Å². The summed E-state index contributed by atoms with van der Waals surface area (Å²) < 4.78 is 16.8. The summed E-state index contributed by atoms with van der Waals surface area (Å²) in [6.45, 7) is 7.29. The zero-order valence-corrected chi connectivity index (χ0v) is 15.2. The van der Waals surface area contributed by atoms with Crippen molar-refractivity contribution >= 4 is 6.21 Å². The molecule has 0 bridgehead atoms. The molecule has 1 N–H and O–H groups in total. The highest BCUT2D eigenvalue weighted by atomic mass is 16.5. The minimum atomic E-state index is 0.398. The maximum absolute atomic E-state index is 8.58. The van der Waals surface area contributed by atoms with Crippen LogP contribution >= 0.6 is 0 Å². The van der Waals surface area contributed by atoms with Gasteiger partial charge in [-0.3, -0.25) is 0 Å². The van der Waals surface area contributed by atoms with Crippen LogP contribution in [0.2, 0.25) is 0 Å². The Hall–Kier alpha value is -2.69. The summed E-state index contributed by atoms with van der Waals surface area (Å²) in [5, 5.41) is 11.6. The van der Waals surface area contributed by atoms with E-state index in [1.165, 1.54) is 17.3 Å². The largest absolute Gasteiger partial charge is 0.493 e. The van der Waals surface area contributed by atoms with Crippen molar-refractivity contribution in [1.29, 1.82) is 0 Å². The van der Waals surface area contributed by atoms with Gasteiger partial charge in [-0.25, -0.2) is 0 Å². The molecule has 0 unspecified atom stereocenters. The van der Waals surface area contributed by atoms with E-state index in [1.807, 2.05) is 6.07 Å². The average molecular weight is 343 g/mol. The Bertz CT molecular complexity index is 726. The van der Waals surface area contributed by atoms with Crippen molar-refractivity contribution in [2.75, 3.05) is 20.3 Å². The van der Waals surface area contributed by atoms with Gasteiger partial charge in [0.2, 0.25) is 0 Å². The molecule has 0 aliphatic heterocycles. The minimum absolute atomic E-state index is 0.398. The summed E-state index contributed by atoms with van der Waals surface area (Å²) in [6.07, 6.45) is 1.33. The van der Waals surface area contributed by atoms with Crippen LogP contribution in [0, 0.1) is 6.92 Å². The number of ether oxygens (including phenoxy) is 3. The fraction of sp³-hybridized carbons (Fsp3) is 0.350. The highest BCUT2D eigenvalue weighted by Crippen LogP contribution is 2.28. The molecule has 0 aliphatic carbocycles. The number of nitrogens with zero attached hydrogens (tertiary/aromatic N) is 1. The van der Waals surface area contributed by atoms with E-state index in [2.05, 4.69) is 38.1 Å². The molecule has 0 amide bonds. The number of hydrogen-bond donors (Lipinski definition) is 1. The zero-order valence-electron chi connectivity index (χ0n) is 15.2. The van der Waals surface area contributed by atoms with Crippen LogP contribution in [0.3, 0.4) is 0 Å². The van der Waals surface area contributed by atoms with Crippen molar-refractivity contribution in [3.05, 3.63) is 53.1 Å². The molecule has 5 heteroatoms. The highest BCUT2D eigenvalue weighted by Gasteiger charge is 2.07. The van der Waals surface area contributed by atoms with Crippen molar-refractivity contribution in [3.8, 4) is 17.2 Å². The Labute approximate surface area is 148 Å². The van der Waals surface area contributed by atoms with Crippen molar-refractivity contribution in [2.24, 2.45) is 5.16 Å². The third-order valence-electron chi connectivity index (χ3n) is 3.87. The molecule has 0 saturated carbocycles. The molecule has 0 aromatic heterocycles. The first-order valence-corrected chi connectivity index (χ1v) is 8.26. The van der Waals surface area contributed by atoms with Crippen LogP contribution < -0.4 is 14.2 Å². The lowest BCUT2D eigenvalue weighted by atomic mass is 9.98. The van der Waals surface area contributed by atoms with Crippen LogP contribution in [0.1, 0.15) is 36.5 Å². The summed E-state index contributed by atoms with van der Waals surface area (Å²) >= 11 is 0. The molecule has 0 atom stereocenters. The molecular formula is C20H25NO4. The quantitative estimate of drug-likeness (QED) is 0.334. The molecule has 134 valence electrons. The summed E-state index contributed by atoms with van der Waals surface area (Å²) in [6, 6.07) is 11.5. The number of benzene rings is 2. The van der Waals surface area contributed by atoms with E-state index >= 15 is 0 Å². The van der Waals surface area contributed by atoms with Gasteiger partial charge in [-0.1, -0.05) is 25.1 Å². The van der Waals surface area contributed by atoms with Crippen molar-refractivity contribution in [2.45, 2.75) is 26.7 Å². The second-order valence-corrected chi connectivity index (χ2v) is 6.02. The van der Waals surface area contributed by atoms with E-state index in [1.54, 1.807) is 25.3 Å². The average Bonchev–Trinajstić information content (AvgIpc) is 2.59. The first-order valence-electron chi connectivity index (χ1n) is 8.26. The standard InChI is InChI=1S/C20H25NO4/c1-14(2)18-7-6-17(11-15(18)3)24-9-10-25-19-8-5-16(13-21-22)12-20(19)23-4/h5-8,11-14,22H,9-10H2,1-4H3. The Morgan fingerprint density at radius 3 is 2.44 bits per heavy atom. The predicted octanol–water partition coefficient (Wildman–Crippen LogP) is 4.39. The van der Waals surface area contributed by atoms with E-state index in [0.29, 0.717) is 30.6 Å². The van der Waals surface area contributed by atoms with Crippen molar-refractivity contribution in [3.63, 3.8) is 0 Å². The Kier molecular flexibility index (Phi) is 6.69. The van der Waals surface area contributed by atoms with Gasteiger partial charge in [-0.15, -0.1) is 0 Å². The molecule has 2 rings (SSSR count). The smallest absolute Gasteiger partial charge is 0.161 e. The van der Waals surface area contributed by atoms with Crippen LogP contribution in [-0.4, -0.2) is 31.7 Å². The lowest BCUT2D eigenvalue weighted by molar-refractivity contribution is 0.211. The van der Waals surface area contributed by atoms with Crippen LogP contribution in [0.4, 0.5) is 0 Å². The molecule has 0 aliphatic rings. The van der Waals surface area contributed by atoms with Gasteiger partial charge < -0.3 is 19.4 Å². The second kappa shape index (κ2) is 8.97. The van der Waals surface area contributed by atoms with E-state index in [-0.39, 0.29) is 0 Å². The summed E-state index contributed by atoms with van der Waals surface area (Å²) in [7, 11) is 1.57. The second-order valence-electron chi connectivity index (χ2n) is 6.02. The monoisotopic (exact) mass is 343 g/mol. The van der Waals surface area contributed by atoms with Crippen LogP contribution in [0.5, 0.6) is 17.2 Å². The summed E-state index contributed by atoms with van der Waals surface area (Å²) in [5.74, 6) is 2.54. The molecule has 0 fully saturated rings. The molecule has 5 nitrogen and oxygen atoms in total. The molecule has 0 radical (unpaired) electrons. The number of oxime groups is 1. The molecule has 2 aromatic carbocycles. The maximum atomic E-state index is 8.58. The third kappa shape index (κ3) is 5.14. The van der Waals surface area contributed by atoms with E-state index in [9.17, 15) is 0 Å². The lowest BCUT2D eigenvalue weighted by Crippen LogP contribution is -2.10. The van der Waals surface area contributed by atoms with Crippen molar-refractivity contribution in [1.82, 2.24) is 0 Å². The summed E-state index contributed by atoms with van der Waals surface area (Å²) in [4.78, 5) is 0. The van der Waals surface area contributed by atoms with Gasteiger partial charge in [-0.2, -0.15) is 0 Å². The van der Waals surface area contributed by atoms with Crippen LogP contribution in [-0.2, 0) is 0 Å². The topological polar surface area (TPSA) is 60.3 Å². The predicted molar refractivity (Wildman–Crippen MR) is 98.6 cm³/mol. The lowest BCUT2D eigenvalue weighted by Gasteiger charge is -2.14. The Balaban J connectivity index is 1.90. The Morgan fingerprint density at radius 2 is 1.80 bits per heavy atom. The molecule has 25 heavy (non-hydrogen) atoms. The van der Waals surface area contributed by atoms with Crippen LogP contribution in [0.15, 0.2) is 41.6 Å². The first-order chi connectivity index (χ1) is 12.0. The first kappa shape index (κ1) is 18.6. The third-order valence-corrected chi connectivity index (χ3v) is 3.87. The van der Waals surface area contributed by atoms with Crippen LogP contribution in [0.25, 0.3) is 0 Å². The van der Waals surface area contributed by atoms with Gasteiger partial charge in [-0.05, 0) is 54.3 Å². The van der Waals surface area contributed by atoms with Gasteiger partial charge in [0.25, 0.3) is 0 Å². The Morgan fingerprint density at radius 1 is 1.04 bits per heavy atom. The van der Waals surface area contributed by atoms with E-state index in [4.69, 9.17) is 19.4 Å². The fourth-order valence-electron chi connectivity index (χ4n) is 2.65. The van der Waals surface area contributed by atoms with Gasteiger partial charge in [0.1, 0.15) is 19.0 Å². The summed E-state index contributed by atoms with van der Waals surface area (Å²) in [5.41, 5.74) is 3.29. The van der Waals surface area contributed by atoms with Gasteiger partial charge >= 0.3 is 0 Å². The number of hydrogen-bond acceptors (Lipinski definition) is 5. The molecular weight excluding hydrogens is 318 g/mol. The van der Waals surface area contributed by atoms with E-state index < -0.39 is 0 Å². The molecule has 0 heterocycles. The van der Waals surface area contributed by atoms with Gasteiger partial charge in [0.05, 0.1) is 13.3 Å². The van der Waals surface area contributed by atoms with Gasteiger partial charge in [0.15, 0.2) is 11.5 Å². The van der Waals surface area contributed by atoms with Gasteiger partial charge in [0, 0.05) is 5.56 Å². The fourth-order valence-corrected chi connectivity index (χ4v) is 2.65. The normalized spacial score (nSPS) is 11.1. The number of methoxy groups -OCH3 is 1. The SMILES string of the molecule is COc1cc(C=NO)ccc1OCCOc1ccc(C(C)C)c(C)c1. The number of aryl methyl sites for hydroxylation is 1.